The molecule has 0 atom stereocenters. The molecule has 0 aromatic heterocycles. The predicted molar refractivity (Wildman–Crippen MR) is 60.6 cm³/mol. The van der Waals surface area contributed by atoms with Crippen LogP contribution in [0.1, 0.15) is 19.3 Å². The molecule has 0 aromatic carbocycles. The molecular weight excluding hydrogens is 214 g/mol. The molecule has 15 heavy (non-hydrogen) atoms. The molecule has 0 unspecified atom stereocenters. The highest BCUT2D eigenvalue weighted by atomic mass is 32.2. The standard InChI is InChI=1S/C9H21N3O2S/c1-11(2)15(13,14)12(3)8-9(7-10)5-4-6-9/h4-8,10H2,1-3H3. The molecule has 0 radical (unpaired) electrons. The lowest BCUT2D eigenvalue weighted by atomic mass is 9.69. The summed E-state index contributed by atoms with van der Waals surface area (Å²) in [6.07, 6.45) is 3.24. The minimum atomic E-state index is -3.29. The summed E-state index contributed by atoms with van der Waals surface area (Å²) in [7, 11) is 1.42. The van der Waals surface area contributed by atoms with Gasteiger partial charge in [0.1, 0.15) is 0 Å². The van der Waals surface area contributed by atoms with Gasteiger partial charge in [0.15, 0.2) is 0 Å². The van der Waals surface area contributed by atoms with E-state index in [-0.39, 0.29) is 5.41 Å². The van der Waals surface area contributed by atoms with E-state index in [0.29, 0.717) is 13.1 Å². The van der Waals surface area contributed by atoms with Crippen molar-refractivity contribution in [3.63, 3.8) is 0 Å². The minimum absolute atomic E-state index is 0.0256. The fourth-order valence-corrected chi connectivity index (χ4v) is 2.93. The third-order valence-electron chi connectivity index (χ3n) is 3.26. The molecule has 0 aliphatic heterocycles. The first-order valence-electron chi connectivity index (χ1n) is 5.18. The number of rotatable bonds is 5. The van der Waals surface area contributed by atoms with Crippen molar-refractivity contribution in [2.24, 2.45) is 11.1 Å². The van der Waals surface area contributed by atoms with Crippen LogP contribution in [0, 0.1) is 5.41 Å². The summed E-state index contributed by atoms with van der Waals surface area (Å²) < 4.78 is 26.2. The third kappa shape index (κ3) is 2.50. The molecule has 5 nitrogen and oxygen atoms in total. The first-order chi connectivity index (χ1) is 6.84. The van der Waals surface area contributed by atoms with Gasteiger partial charge in [-0.25, -0.2) is 0 Å². The van der Waals surface area contributed by atoms with Gasteiger partial charge in [-0.2, -0.15) is 17.0 Å². The number of nitrogens with zero attached hydrogens (tertiary/aromatic N) is 2. The summed E-state index contributed by atoms with van der Waals surface area (Å²) in [5, 5.41) is 0. The van der Waals surface area contributed by atoms with Crippen LogP contribution < -0.4 is 5.73 Å². The second kappa shape index (κ2) is 4.37. The highest BCUT2D eigenvalue weighted by molar-refractivity contribution is 7.86. The summed E-state index contributed by atoms with van der Waals surface area (Å²) >= 11 is 0. The van der Waals surface area contributed by atoms with Crippen LogP contribution in [-0.2, 0) is 10.2 Å². The molecule has 1 saturated carbocycles. The van der Waals surface area contributed by atoms with Gasteiger partial charge in [0.05, 0.1) is 0 Å². The van der Waals surface area contributed by atoms with E-state index in [0.717, 1.165) is 19.3 Å². The Morgan fingerprint density at radius 2 is 1.80 bits per heavy atom. The van der Waals surface area contributed by atoms with E-state index in [4.69, 9.17) is 5.73 Å². The lowest BCUT2D eigenvalue weighted by Gasteiger charge is -2.43. The summed E-state index contributed by atoms with van der Waals surface area (Å²) in [6.45, 7) is 1.10. The number of hydrogen-bond donors (Lipinski definition) is 1. The van der Waals surface area contributed by atoms with Crippen LogP contribution in [-0.4, -0.2) is 51.3 Å². The van der Waals surface area contributed by atoms with Gasteiger partial charge in [0.25, 0.3) is 10.2 Å². The van der Waals surface area contributed by atoms with Gasteiger partial charge in [0.2, 0.25) is 0 Å². The molecule has 0 heterocycles. The first kappa shape index (κ1) is 12.9. The third-order valence-corrected chi connectivity index (χ3v) is 5.10. The van der Waals surface area contributed by atoms with Gasteiger partial charge in [-0.05, 0) is 24.8 Å². The highest BCUT2D eigenvalue weighted by Crippen LogP contribution is 2.40. The van der Waals surface area contributed by atoms with E-state index >= 15 is 0 Å². The van der Waals surface area contributed by atoms with Crippen LogP contribution in [0.4, 0.5) is 0 Å². The minimum Gasteiger partial charge on any atom is -0.330 e. The molecule has 90 valence electrons. The van der Waals surface area contributed by atoms with Crippen molar-refractivity contribution >= 4 is 10.2 Å². The topological polar surface area (TPSA) is 66.6 Å². The van der Waals surface area contributed by atoms with Gasteiger partial charge in [-0.3, -0.25) is 0 Å². The Bertz CT molecular complexity index is 304. The smallest absolute Gasteiger partial charge is 0.281 e. The van der Waals surface area contributed by atoms with Crippen LogP contribution in [0.2, 0.25) is 0 Å². The van der Waals surface area contributed by atoms with Gasteiger partial charge >= 0.3 is 0 Å². The number of nitrogens with two attached hydrogens (primary N) is 1. The summed E-state index contributed by atoms with van der Waals surface area (Å²) in [5.74, 6) is 0. The molecular formula is C9H21N3O2S. The molecule has 1 rings (SSSR count). The zero-order valence-electron chi connectivity index (χ0n) is 9.73. The van der Waals surface area contributed by atoms with E-state index in [2.05, 4.69) is 0 Å². The summed E-state index contributed by atoms with van der Waals surface area (Å²) in [4.78, 5) is 0. The zero-order chi connectivity index (χ0) is 11.7. The second-order valence-electron chi connectivity index (χ2n) is 4.60. The quantitative estimate of drug-likeness (QED) is 0.721. The highest BCUT2D eigenvalue weighted by Gasteiger charge is 2.39. The zero-order valence-corrected chi connectivity index (χ0v) is 10.5. The SMILES string of the molecule is CN(C)S(=O)(=O)N(C)CC1(CN)CCC1. The van der Waals surface area contributed by atoms with E-state index in [9.17, 15) is 8.42 Å². The van der Waals surface area contributed by atoms with Crippen molar-refractivity contribution in [3.05, 3.63) is 0 Å². The van der Waals surface area contributed by atoms with Crippen LogP contribution in [0.5, 0.6) is 0 Å². The Hall–Kier alpha value is -0.170. The van der Waals surface area contributed by atoms with Gasteiger partial charge < -0.3 is 5.73 Å². The molecule has 0 saturated heterocycles. The fourth-order valence-electron chi connectivity index (χ4n) is 1.94. The Kier molecular flexibility index (Phi) is 3.76. The lowest BCUT2D eigenvalue weighted by molar-refractivity contribution is 0.116. The predicted octanol–water partition coefficient (Wildman–Crippen LogP) is -0.146. The second-order valence-corrected chi connectivity index (χ2v) is 6.85. The summed E-state index contributed by atoms with van der Waals surface area (Å²) in [6, 6.07) is 0. The van der Waals surface area contributed by atoms with Gasteiger partial charge in [-0.15, -0.1) is 0 Å². The van der Waals surface area contributed by atoms with Crippen LogP contribution in [0.3, 0.4) is 0 Å². The Labute approximate surface area is 92.4 Å². The van der Waals surface area contributed by atoms with Crippen molar-refractivity contribution in [1.29, 1.82) is 0 Å². The van der Waals surface area contributed by atoms with E-state index in [1.54, 1.807) is 21.1 Å². The monoisotopic (exact) mass is 235 g/mol. The molecule has 0 bridgehead atoms. The van der Waals surface area contributed by atoms with Crippen molar-refractivity contribution in [1.82, 2.24) is 8.61 Å². The van der Waals surface area contributed by atoms with Gasteiger partial charge in [-0.1, -0.05) is 6.42 Å². The largest absolute Gasteiger partial charge is 0.330 e. The molecule has 1 aliphatic rings. The molecule has 0 spiro atoms. The van der Waals surface area contributed by atoms with E-state index in [1.165, 1.54) is 8.61 Å². The summed E-state index contributed by atoms with van der Waals surface area (Å²) in [5.41, 5.74) is 5.73. The molecule has 0 amide bonds. The molecule has 1 fully saturated rings. The maximum atomic E-state index is 11.8. The van der Waals surface area contributed by atoms with E-state index in [1.807, 2.05) is 0 Å². The number of hydrogen-bond acceptors (Lipinski definition) is 3. The molecule has 2 N–H and O–H groups in total. The molecule has 6 heteroatoms. The fraction of sp³-hybridized carbons (Fsp3) is 1.00. The molecule has 0 aromatic rings. The Balaban J connectivity index is 2.66. The lowest BCUT2D eigenvalue weighted by Crippen LogP contribution is -2.49. The first-order valence-corrected chi connectivity index (χ1v) is 6.58. The molecule has 1 aliphatic carbocycles. The van der Waals surface area contributed by atoms with Crippen LogP contribution in [0.15, 0.2) is 0 Å². The Morgan fingerprint density at radius 3 is 2.07 bits per heavy atom. The van der Waals surface area contributed by atoms with Crippen molar-refractivity contribution < 1.29 is 8.42 Å². The average Bonchev–Trinajstić information content (AvgIpc) is 2.10. The van der Waals surface area contributed by atoms with Crippen LogP contribution >= 0.6 is 0 Å². The normalized spacial score (nSPS) is 20.7. The van der Waals surface area contributed by atoms with Crippen LogP contribution in [0.25, 0.3) is 0 Å². The van der Waals surface area contributed by atoms with Gasteiger partial charge in [0, 0.05) is 27.7 Å². The van der Waals surface area contributed by atoms with Crippen molar-refractivity contribution in [2.75, 3.05) is 34.2 Å². The van der Waals surface area contributed by atoms with E-state index < -0.39 is 10.2 Å². The Morgan fingerprint density at radius 1 is 1.27 bits per heavy atom. The maximum absolute atomic E-state index is 11.8. The van der Waals surface area contributed by atoms with Crippen molar-refractivity contribution in [3.8, 4) is 0 Å². The average molecular weight is 235 g/mol. The van der Waals surface area contributed by atoms with Crippen molar-refractivity contribution in [2.45, 2.75) is 19.3 Å². The maximum Gasteiger partial charge on any atom is 0.281 e.